The Labute approximate surface area is 144 Å². The van der Waals surface area contributed by atoms with Gasteiger partial charge < -0.3 is 15.0 Å². The molecule has 136 valence electrons. The maximum atomic E-state index is 12.4. The Morgan fingerprint density at radius 2 is 1.88 bits per heavy atom. The van der Waals surface area contributed by atoms with Crippen LogP contribution in [0.1, 0.15) is 32.6 Å². The van der Waals surface area contributed by atoms with Crippen LogP contribution in [0.4, 0.5) is 4.79 Å². The topological polar surface area (TPSA) is 65.1 Å². The van der Waals surface area contributed by atoms with Crippen LogP contribution in [0.5, 0.6) is 0 Å². The standard InChI is InChI=1S/C17H30N4O3/c1-14(16(22)18-15-4-2-3-5-15)20-9-6-19(7-10-20)8-11-21-12-13-24-17(21)23/h14-15H,2-13H2,1H3,(H,18,22)/t14-/m1/s1. The molecule has 3 fully saturated rings. The lowest BCUT2D eigenvalue weighted by molar-refractivity contribution is -0.127. The van der Waals surface area contributed by atoms with Gasteiger partial charge >= 0.3 is 6.09 Å². The van der Waals surface area contributed by atoms with Crippen LogP contribution in [0.2, 0.25) is 0 Å². The van der Waals surface area contributed by atoms with Gasteiger partial charge in [0.05, 0.1) is 12.6 Å². The molecule has 7 nitrogen and oxygen atoms in total. The maximum Gasteiger partial charge on any atom is 0.409 e. The van der Waals surface area contributed by atoms with Gasteiger partial charge in [0.2, 0.25) is 5.91 Å². The highest BCUT2D eigenvalue weighted by atomic mass is 16.6. The van der Waals surface area contributed by atoms with Crippen molar-refractivity contribution in [3.63, 3.8) is 0 Å². The number of carbonyl (C=O) groups excluding carboxylic acids is 2. The van der Waals surface area contributed by atoms with E-state index in [1.54, 1.807) is 4.90 Å². The van der Waals surface area contributed by atoms with Crippen LogP contribution >= 0.6 is 0 Å². The van der Waals surface area contributed by atoms with E-state index in [0.29, 0.717) is 19.2 Å². The van der Waals surface area contributed by atoms with Gasteiger partial charge in [-0.2, -0.15) is 0 Å². The number of amides is 2. The molecule has 0 aromatic carbocycles. The lowest BCUT2D eigenvalue weighted by Crippen LogP contribution is -2.55. The molecule has 2 heterocycles. The normalized spacial score (nSPS) is 25.0. The van der Waals surface area contributed by atoms with Crippen molar-refractivity contribution in [1.29, 1.82) is 0 Å². The Balaban J connectivity index is 1.36. The Hall–Kier alpha value is -1.34. The molecule has 24 heavy (non-hydrogen) atoms. The van der Waals surface area contributed by atoms with Crippen LogP contribution in [0.25, 0.3) is 0 Å². The first kappa shape index (κ1) is 17.5. The van der Waals surface area contributed by atoms with Crippen LogP contribution in [0.15, 0.2) is 0 Å². The Bertz CT molecular complexity index is 445. The van der Waals surface area contributed by atoms with Crippen molar-refractivity contribution in [1.82, 2.24) is 20.0 Å². The number of carbonyl (C=O) groups is 2. The fourth-order valence-electron chi connectivity index (χ4n) is 3.82. The second-order valence-electron chi connectivity index (χ2n) is 7.14. The van der Waals surface area contributed by atoms with E-state index in [0.717, 1.165) is 52.1 Å². The van der Waals surface area contributed by atoms with Crippen molar-refractivity contribution in [2.45, 2.75) is 44.7 Å². The summed E-state index contributed by atoms with van der Waals surface area (Å²) in [5.74, 6) is 0.176. The molecule has 0 aromatic rings. The summed E-state index contributed by atoms with van der Waals surface area (Å²) in [6, 6.07) is 0.336. The smallest absolute Gasteiger partial charge is 0.409 e. The van der Waals surface area contributed by atoms with Crippen molar-refractivity contribution in [2.75, 3.05) is 52.4 Å². The van der Waals surface area contributed by atoms with Gasteiger partial charge in [-0.15, -0.1) is 0 Å². The molecule has 7 heteroatoms. The third-order valence-corrected chi connectivity index (χ3v) is 5.57. The highest BCUT2D eigenvalue weighted by molar-refractivity contribution is 5.81. The summed E-state index contributed by atoms with van der Waals surface area (Å²) in [5, 5.41) is 3.20. The largest absolute Gasteiger partial charge is 0.448 e. The molecule has 1 aliphatic carbocycles. The van der Waals surface area contributed by atoms with Gasteiger partial charge in [-0.05, 0) is 19.8 Å². The first-order chi connectivity index (χ1) is 11.6. The zero-order valence-corrected chi connectivity index (χ0v) is 14.7. The monoisotopic (exact) mass is 338 g/mol. The number of hydrogen-bond donors (Lipinski definition) is 1. The van der Waals surface area contributed by atoms with E-state index in [-0.39, 0.29) is 18.0 Å². The van der Waals surface area contributed by atoms with E-state index >= 15 is 0 Å². The Kier molecular flexibility index (Phi) is 5.94. The van der Waals surface area contributed by atoms with Gasteiger partial charge in [-0.1, -0.05) is 12.8 Å². The number of nitrogens with zero attached hydrogens (tertiary/aromatic N) is 3. The average Bonchev–Trinajstić information content (AvgIpc) is 3.24. The maximum absolute atomic E-state index is 12.4. The van der Waals surface area contributed by atoms with E-state index in [9.17, 15) is 9.59 Å². The second-order valence-corrected chi connectivity index (χ2v) is 7.14. The number of hydrogen-bond acceptors (Lipinski definition) is 5. The van der Waals surface area contributed by atoms with E-state index in [4.69, 9.17) is 4.74 Å². The summed E-state index contributed by atoms with van der Waals surface area (Å²) in [5.41, 5.74) is 0. The summed E-state index contributed by atoms with van der Waals surface area (Å²) in [4.78, 5) is 30.2. The van der Waals surface area contributed by atoms with E-state index in [1.165, 1.54) is 12.8 Å². The summed E-state index contributed by atoms with van der Waals surface area (Å²) < 4.78 is 4.95. The predicted molar refractivity (Wildman–Crippen MR) is 90.8 cm³/mol. The minimum Gasteiger partial charge on any atom is -0.448 e. The van der Waals surface area contributed by atoms with E-state index in [2.05, 4.69) is 15.1 Å². The van der Waals surface area contributed by atoms with Crippen LogP contribution in [0, 0.1) is 0 Å². The van der Waals surface area contributed by atoms with Gasteiger partial charge in [0.25, 0.3) is 0 Å². The molecule has 1 saturated carbocycles. The number of nitrogens with one attached hydrogen (secondary N) is 1. The summed E-state index contributed by atoms with van der Waals surface area (Å²) in [6.45, 7) is 8.56. The molecule has 0 radical (unpaired) electrons. The van der Waals surface area contributed by atoms with Crippen molar-refractivity contribution < 1.29 is 14.3 Å². The molecular formula is C17H30N4O3. The molecule has 0 spiro atoms. The Morgan fingerprint density at radius 3 is 2.50 bits per heavy atom. The zero-order chi connectivity index (χ0) is 16.9. The Morgan fingerprint density at radius 1 is 1.17 bits per heavy atom. The molecule has 0 aromatic heterocycles. The quantitative estimate of drug-likeness (QED) is 0.764. The zero-order valence-electron chi connectivity index (χ0n) is 14.7. The van der Waals surface area contributed by atoms with E-state index in [1.807, 2.05) is 6.92 Å². The molecule has 1 N–H and O–H groups in total. The van der Waals surface area contributed by atoms with Gasteiger partial charge in [0.1, 0.15) is 6.61 Å². The van der Waals surface area contributed by atoms with E-state index < -0.39 is 0 Å². The van der Waals surface area contributed by atoms with Crippen molar-refractivity contribution in [3.8, 4) is 0 Å². The highest BCUT2D eigenvalue weighted by Gasteiger charge is 2.28. The summed E-state index contributed by atoms with van der Waals surface area (Å²) in [7, 11) is 0. The lowest BCUT2D eigenvalue weighted by Gasteiger charge is -2.38. The third kappa shape index (κ3) is 4.39. The van der Waals surface area contributed by atoms with Crippen LogP contribution < -0.4 is 5.32 Å². The summed E-state index contributed by atoms with van der Waals surface area (Å²) >= 11 is 0. The molecule has 0 bridgehead atoms. The average molecular weight is 338 g/mol. The molecule has 2 aliphatic heterocycles. The molecule has 3 rings (SSSR count). The fraction of sp³-hybridized carbons (Fsp3) is 0.882. The van der Waals surface area contributed by atoms with Crippen molar-refractivity contribution >= 4 is 12.0 Å². The molecule has 3 aliphatic rings. The van der Waals surface area contributed by atoms with Gasteiger partial charge in [0.15, 0.2) is 0 Å². The SMILES string of the molecule is C[C@H](C(=O)NC1CCCC1)N1CCN(CCN2CCOC2=O)CC1. The van der Waals surface area contributed by atoms with Gasteiger partial charge in [-0.3, -0.25) is 14.6 Å². The second kappa shape index (κ2) is 8.16. The number of piperazine rings is 1. The van der Waals surface area contributed by atoms with Crippen molar-refractivity contribution in [2.24, 2.45) is 0 Å². The predicted octanol–water partition coefficient (Wildman–Crippen LogP) is 0.504. The fourth-order valence-corrected chi connectivity index (χ4v) is 3.82. The third-order valence-electron chi connectivity index (χ3n) is 5.57. The molecule has 1 atom stereocenters. The highest BCUT2D eigenvalue weighted by Crippen LogP contribution is 2.18. The minimum atomic E-state index is -0.189. The van der Waals surface area contributed by atoms with Gasteiger partial charge in [0, 0.05) is 45.3 Å². The molecule has 2 amide bonds. The molecular weight excluding hydrogens is 308 g/mol. The van der Waals surface area contributed by atoms with Gasteiger partial charge in [-0.25, -0.2) is 4.79 Å². The molecule has 0 unspecified atom stereocenters. The van der Waals surface area contributed by atoms with Crippen molar-refractivity contribution in [3.05, 3.63) is 0 Å². The first-order valence-corrected chi connectivity index (χ1v) is 9.32. The minimum absolute atomic E-state index is 0.0543. The van der Waals surface area contributed by atoms with Crippen LogP contribution in [-0.4, -0.2) is 91.2 Å². The number of cyclic esters (lactones) is 1. The van der Waals surface area contributed by atoms with Crippen LogP contribution in [0.3, 0.4) is 0 Å². The number of rotatable bonds is 6. The first-order valence-electron chi connectivity index (χ1n) is 9.32. The van der Waals surface area contributed by atoms with Crippen LogP contribution in [-0.2, 0) is 9.53 Å². The molecule has 2 saturated heterocycles. The number of ether oxygens (including phenoxy) is 1. The lowest BCUT2D eigenvalue weighted by atomic mass is 10.2. The summed E-state index contributed by atoms with van der Waals surface area (Å²) in [6.07, 6.45) is 4.55.